The molecule has 0 saturated heterocycles. The lowest BCUT2D eigenvalue weighted by Gasteiger charge is -2.16. The summed E-state index contributed by atoms with van der Waals surface area (Å²) in [6.45, 7) is 7.78. The van der Waals surface area contributed by atoms with Gasteiger partial charge in [-0.05, 0) is 46.6 Å². The molecule has 3 N–H and O–H groups in total. The third-order valence-corrected chi connectivity index (χ3v) is 2.98. The SMILES string of the molecule is CC(C)Nc1cc(CCC(C)(C)C#N)ncc1C(N)=O. The number of nitrogens with two attached hydrogens (primary N) is 1. The van der Waals surface area contributed by atoms with E-state index < -0.39 is 5.91 Å². The second kappa shape index (κ2) is 6.38. The van der Waals surface area contributed by atoms with Crippen molar-refractivity contribution in [1.82, 2.24) is 4.98 Å². The van der Waals surface area contributed by atoms with Gasteiger partial charge in [0.1, 0.15) is 0 Å². The number of amides is 1. The Balaban J connectivity index is 2.95. The van der Waals surface area contributed by atoms with Gasteiger partial charge in [0.05, 0.1) is 22.7 Å². The van der Waals surface area contributed by atoms with Crippen molar-refractivity contribution in [2.45, 2.75) is 46.6 Å². The molecule has 1 amide bonds. The predicted octanol–water partition coefficient (Wildman–Crippen LogP) is 2.48. The van der Waals surface area contributed by atoms with Gasteiger partial charge in [-0.1, -0.05) is 0 Å². The normalized spacial score (nSPS) is 11.2. The highest BCUT2D eigenvalue weighted by Gasteiger charge is 2.17. The number of nitriles is 1. The Bertz CT molecular complexity index is 529. The molecule has 1 rings (SSSR count). The lowest BCUT2D eigenvalue weighted by atomic mass is 9.89. The van der Waals surface area contributed by atoms with Crippen molar-refractivity contribution >= 4 is 11.6 Å². The summed E-state index contributed by atoms with van der Waals surface area (Å²) in [5, 5.41) is 12.2. The van der Waals surface area contributed by atoms with Crippen LogP contribution in [0.15, 0.2) is 12.3 Å². The third kappa shape index (κ3) is 4.54. The minimum Gasteiger partial charge on any atom is -0.382 e. The van der Waals surface area contributed by atoms with Crippen molar-refractivity contribution < 1.29 is 4.79 Å². The first-order valence-electron chi connectivity index (χ1n) is 6.71. The van der Waals surface area contributed by atoms with Crippen LogP contribution in [-0.2, 0) is 6.42 Å². The van der Waals surface area contributed by atoms with Crippen molar-refractivity contribution in [3.63, 3.8) is 0 Å². The van der Waals surface area contributed by atoms with Gasteiger partial charge >= 0.3 is 0 Å². The van der Waals surface area contributed by atoms with Gasteiger partial charge in [0.2, 0.25) is 0 Å². The van der Waals surface area contributed by atoms with Crippen molar-refractivity contribution in [3.05, 3.63) is 23.5 Å². The van der Waals surface area contributed by atoms with E-state index in [9.17, 15) is 4.79 Å². The maximum Gasteiger partial charge on any atom is 0.252 e. The number of carbonyl (C=O) groups excluding carboxylic acids is 1. The molecule has 0 aliphatic rings. The first-order chi connectivity index (χ1) is 9.25. The van der Waals surface area contributed by atoms with Crippen LogP contribution >= 0.6 is 0 Å². The maximum atomic E-state index is 11.4. The van der Waals surface area contributed by atoms with E-state index in [0.29, 0.717) is 24.1 Å². The number of aryl methyl sites for hydroxylation is 1. The fraction of sp³-hybridized carbons (Fsp3) is 0.533. The van der Waals surface area contributed by atoms with Crippen LogP contribution in [0.25, 0.3) is 0 Å². The summed E-state index contributed by atoms with van der Waals surface area (Å²) in [5.74, 6) is -0.496. The Labute approximate surface area is 120 Å². The van der Waals surface area contributed by atoms with Gasteiger partial charge in [0, 0.05) is 17.9 Å². The van der Waals surface area contributed by atoms with E-state index >= 15 is 0 Å². The van der Waals surface area contributed by atoms with Crippen molar-refractivity contribution in [3.8, 4) is 6.07 Å². The summed E-state index contributed by atoms with van der Waals surface area (Å²) in [5.41, 5.74) is 6.90. The van der Waals surface area contributed by atoms with Gasteiger partial charge in [-0.2, -0.15) is 5.26 Å². The van der Waals surface area contributed by atoms with Crippen LogP contribution in [0.4, 0.5) is 5.69 Å². The molecular formula is C15H22N4O. The molecule has 0 aromatic carbocycles. The summed E-state index contributed by atoms with van der Waals surface area (Å²) < 4.78 is 0. The van der Waals surface area contributed by atoms with Gasteiger partial charge in [-0.15, -0.1) is 0 Å². The van der Waals surface area contributed by atoms with Crippen LogP contribution in [0.3, 0.4) is 0 Å². The third-order valence-electron chi connectivity index (χ3n) is 2.98. The van der Waals surface area contributed by atoms with Gasteiger partial charge in [0.25, 0.3) is 5.91 Å². The van der Waals surface area contributed by atoms with E-state index in [0.717, 1.165) is 5.69 Å². The van der Waals surface area contributed by atoms with Crippen LogP contribution in [0, 0.1) is 16.7 Å². The molecule has 0 saturated carbocycles. The Kier molecular flexibility index (Phi) is 5.09. The zero-order valence-electron chi connectivity index (χ0n) is 12.5. The number of aromatic nitrogens is 1. The second-order valence-electron chi connectivity index (χ2n) is 5.88. The number of nitrogens with one attached hydrogen (secondary N) is 1. The number of pyridine rings is 1. The number of primary amides is 1. The number of hydrogen-bond donors (Lipinski definition) is 2. The molecule has 5 nitrogen and oxygen atoms in total. The minimum atomic E-state index is -0.496. The van der Waals surface area contributed by atoms with Crippen LogP contribution < -0.4 is 11.1 Å². The molecule has 0 fully saturated rings. The zero-order chi connectivity index (χ0) is 15.3. The Morgan fingerprint density at radius 2 is 2.20 bits per heavy atom. The van der Waals surface area contributed by atoms with Crippen LogP contribution in [0.5, 0.6) is 0 Å². The van der Waals surface area contributed by atoms with E-state index in [2.05, 4.69) is 16.4 Å². The van der Waals surface area contributed by atoms with E-state index in [1.807, 2.05) is 33.8 Å². The Morgan fingerprint density at radius 3 is 2.70 bits per heavy atom. The lowest BCUT2D eigenvalue weighted by molar-refractivity contribution is 0.100. The van der Waals surface area contributed by atoms with Gasteiger partial charge in [-0.3, -0.25) is 9.78 Å². The van der Waals surface area contributed by atoms with Gasteiger partial charge in [0.15, 0.2) is 0 Å². The molecule has 20 heavy (non-hydrogen) atoms. The topological polar surface area (TPSA) is 91.8 Å². The summed E-state index contributed by atoms with van der Waals surface area (Å²) in [6, 6.07) is 4.30. The molecule has 0 atom stereocenters. The summed E-state index contributed by atoms with van der Waals surface area (Å²) in [7, 11) is 0. The number of carbonyl (C=O) groups is 1. The number of anilines is 1. The minimum absolute atomic E-state index is 0.193. The standard InChI is InChI=1S/C15H22N4O/c1-10(2)19-13-7-11(5-6-15(3,4)9-16)18-8-12(13)14(17)20/h7-8,10H,5-6H2,1-4H3,(H2,17,20)(H,18,19). The van der Waals surface area contributed by atoms with E-state index in [1.54, 1.807) is 0 Å². The summed E-state index contributed by atoms with van der Waals surface area (Å²) in [4.78, 5) is 15.6. The molecule has 1 aromatic heterocycles. The monoisotopic (exact) mass is 274 g/mol. The largest absolute Gasteiger partial charge is 0.382 e. The second-order valence-corrected chi connectivity index (χ2v) is 5.88. The first kappa shape index (κ1) is 16.0. The Morgan fingerprint density at radius 1 is 1.55 bits per heavy atom. The highest BCUT2D eigenvalue weighted by Crippen LogP contribution is 2.23. The van der Waals surface area contributed by atoms with Crippen LogP contribution in [0.2, 0.25) is 0 Å². The molecule has 0 spiro atoms. The predicted molar refractivity (Wildman–Crippen MR) is 79.2 cm³/mol. The number of nitrogens with zero attached hydrogens (tertiary/aromatic N) is 2. The highest BCUT2D eigenvalue weighted by molar-refractivity contribution is 5.98. The Hall–Kier alpha value is -2.09. The van der Waals surface area contributed by atoms with Crippen molar-refractivity contribution in [2.75, 3.05) is 5.32 Å². The lowest BCUT2D eigenvalue weighted by Crippen LogP contribution is -2.19. The fourth-order valence-corrected chi connectivity index (χ4v) is 1.76. The first-order valence-corrected chi connectivity index (χ1v) is 6.71. The van der Waals surface area contributed by atoms with E-state index in [-0.39, 0.29) is 11.5 Å². The molecule has 0 radical (unpaired) electrons. The quantitative estimate of drug-likeness (QED) is 0.833. The van der Waals surface area contributed by atoms with Crippen molar-refractivity contribution in [2.24, 2.45) is 11.1 Å². The van der Waals surface area contributed by atoms with Crippen LogP contribution in [-0.4, -0.2) is 16.9 Å². The smallest absolute Gasteiger partial charge is 0.252 e. The number of hydrogen-bond acceptors (Lipinski definition) is 4. The molecular weight excluding hydrogens is 252 g/mol. The molecule has 0 aliphatic heterocycles. The molecule has 5 heteroatoms. The molecule has 1 heterocycles. The maximum absolute atomic E-state index is 11.4. The summed E-state index contributed by atoms with van der Waals surface area (Å²) in [6.07, 6.45) is 2.90. The molecule has 0 aliphatic carbocycles. The molecule has 108 valence electrons. The van der Waals surface area contributed by atoms with E-state index in [4.69, 9.17) is 11.0 Å². The fourth-order valence-electron chi connectivity index (χ4n) is 1.76. The number of rotatable bonds is 6. The van der Waals surface area contributed by atoms with Gasteiger partial charge in [-0.25, -0.2) is 0 Å². The van der Waals surface area contributed by atoms with E-state index in [1.165, 1.54) is 6.20 Å². The molecule has 0 bridgehead atoms. The molecule has 0 unspecified atom stereocenters. The van der Waals surface area contributed by atoms with Crippen LogP contribution in [0.1, 0.15) is 50.2 Å². The zero-order valence-corrected chi connectivity index (χ0v) is 12.5. The average molecular weight is 274 g/mol. The van der Waals surface area contributed by atoms with Crippen molar-refractivity contribution in [1.29, 1.82) is 5.26 Å². The summed E-state index contributed by atoms with van der Waals surface area (Å²) >= 11 is 0. The average Bonchev–Trinajstić information content (AvgIpc) is 2.35. The highest BCUT2D eigenvalue weighted by atomic mass is 16.1. The van der Waals surface area contributed by atoms with Gasteiger partial charge < -0.3 is 11.1 Å². The molecule has 1 aromatic rings.